The first-order valence-corrected chi connectivity index (χ1v) is 5.61. The molecule has 0 amide bonds. The van der Waals surface area contributed by atoms with Gasteiger partial charge < -0.3 is 5.32 Å². The number of allylic oxidation sites excluding steroid dienone is 2. The molecule has 0 aliphatic carbocycles. The summed E-state index contributed by atoms with van der Waals surface area (Å²) in [7, 11) is 0. The molecule has 3 heteroatoms. The first-order valence-electron chi connectivity index (χ1n) is 5.24. The molecule has 0 heterocycles. The molecular weight excluding hydrogens is 222 g/mol. The smallest absolute Gasteiger partial charge is 0.187 e. The van der Waals surface area contributed by atoms with Crippen molar-refractivity contribution in [2.75, 3.05) is 0 Å². The second-order valence-electron chi connectivity index (χ2n) is 4.00. The van der Waals surface area contributed by atoms with Crippen molar-refractivity contribution in [2.24, 2.45) is 0 Å². The van der Waals surface area contributed by atoms with Crippen molar-refractivity contribution in [2.45, 2.75) is 26.8 Å². The van der Waals surface area contributed by atoms with Crippen molar-refractivity contribution in [3.05, 3.63) is 46.6 Å². The Morgan fingerprint density at radius 2 is 1.88 bits per heavy atom. The molecule has 0 spiro atoms. The standard InChI is InChI=1S/C13H16ClNO/c1-9(2)15-10(3)8-13(16)11-4-6-12(14)7-5-11/h4-9,15H,1-3H3/b10-8+. The fourth-order valence-corrected chi connectivity index (χ4v) is 1.52. The molecule has 0 aliphatic heterocycles. The van der Waals surface area contributed by atoms with Gasteiger partial charge in [-0.3, -0.25) is 4.79 Å². The first kappa shape index (κ1) is 12.8. The van der Waals surface area contributed by atoms with Gasteiger partial charge in [-0.15, -0.1) is 0 Å². The van der Waals surface area contributed by atoms with Crippen LogP contribution in [0.3, 0.4) is 0 Å². The molecule has 0 aliphatic rings. The van der Waals surface area contributed by atoms with Crippen molar-refractivity contribution in [3.63, 3.8) is 0 Å². The Bertz CT molecular complexity index is 393. The van der Waals surface area contributed by atoms with E-state index in [1.165, 1.54) is 0 Å². The van der Waals surface area contributed by atoms with E-state index in [9.17, 15) is 4.79 Å². The number of carbonyl (C=O) groups excluding carboxylic acids is 1. The highest BCUT2D eigenvalue weighted by Gasteiger charge is 2.03. The first-order chi connectivity index (χ1) is 7.49. The van der Waals surface area contributed by atoms with Gasteiger partial charge in [0.2, 0.25) is 0 Å². The summed E-state index contributed by atoms with van der Waals surface area (Å²) in [5.74, 6) is -0.0117. The molecule has 0 radical (unpaired) electrons. The second kappa shape index (κ2) is 5.71. The van der Waals surface area contributed by atoms with Crippen LogP contribution < -0.4 is 5.32 Å². The molecule has 86 valence electrons. The van der Waals surface area contributed by atoms with Crippen molar-refractivity contribution in [3.8, 4) is 0 Å². The summed E-state index contributed by atoms with van der Waals surface area (Å²) < 4.78 is 0. The van der Waals surface area contributed by atoms with E-state index in [1.54, 1.807) is 30.3 Å². The van der Waals surface area contributed by atoms with Gasteiger partial charge in [0.1, 0.15) is 0 Å². The molecule has 0 unspecified atom stereocenters. The number of rotatable bonds is 4. The van der Waals surface area contributed by atoms with E-state index in [0.717, 1.165) is 5.70 Å². The minimum atomic E-state index is -0.0117. The molecule has 0 aromatic heterocycles. The molecule has 0 bridgehead atoms. The van der Waals surface area contributed by atoms with Crippen LogP contribution in [0.2, 0.25) is 5.02 Å². The number of halogens is 1. The van der Waals surface area contributed by atoms with E-state index in [-0.39, 0.29) is 5.78 Å². The second-order valence-corrected chi connectivity index (χ2v) is 4.43. The third kappa shape index (κ3) is 4.07. The number of hydrogen-bond donors (Lipinski definition) is 1. The molecule has 1 N–H and O–H groups in total. The van der Waals surface area contributed by atoms with Crippen LogP contribution in [0.5, 0.6) is 0 Å². The summed E-state index contributed by atoms with van der Waals surface area (Å²) in [5, 5.41) is 3.81. The molecule has 1 rings (SSSR count). The fraction of sp³-hybridized carbons (Fsp3) is 0.308. The maximum atomic E-state index is 11.8. The van der Waals surface area contributed by atoms with Gasteiger partial charge in [-0.1, -0.05) is 11.6 Å². The van der Waals surface area contributed by atoms with Gasteiger partial charge in [0.15, 0.2) is 5.78 Å². The van der Waals surface area contributed by atoms with E-state index in [2.05, 4.69) is 5.32 Å². The Kier molecular flexibility index (Phi) is 4.56. The summed E-state index contributed by atoms with van der Waals surface area (Å²) in [6.45, 7) is 5.95. The van der Waals surface area contributed by atoms with Crippen LogP contribution in [0, 0.1) is 0 Å². The Hall–Kier alpha value is -1.28. The molecule has 2 nitrogen and oxygen atoms in total. The summed E-state index contributed by atoms with van der Waals surface area (Å²) in [4.78, 5) is 11.8. The summed E-state index contributed by atoms with van der Waals surface area (Å²) in [6.07, 6.45) is 1.60. The van der Waals surface area contributed by atoms with Crippen LogP contribution in [-0.2, 0) is 0 Å². The van der Waals surface area contributed by atoms with Crippen LogP contribution in [0.25, 0.3) is 0 Å². The molecule has 16 heavy (non-hydrogen) atoms. The van der Waals surface area contributed by atoms with E-state index >= 15 is 0 Å². The highest BCUT2D eigenvalue weighted by atomic mass is 35.5. The number of nitrogens with one attached hydrogen (secondary N) is 1. The molecule has 0 saturated heterocycles. The normalized spacial score (nSPS) is 11.7. The lowest BCUT2D eigenvalue weighted by Crippen LogP contribution is -2.21. The highest BCUT2D eigenvalue weighted by molar-refractivity contribution is 6.30. The van der Waals surface area contributed by atoms with Gasteiger partial charge in [-0.05, 0) is 45.0 Å². The quantitative estimate of drug-likeness (QED) is 0.642. The van der Waals surface area contributed by atoms with E-state index < -0.39 is 0 Å². The Labute approximate surface area is 101 Å². The van der Waals surface area contributed by atoms with Crippen molar-refractivity contribution in [1.29, 1.82) is 0 Å². The van der Waals surface area contributed by atoms with Crippen molar-refractivity contribution >= 4 is 17.4 Å². The predicted octanol–water partition coefficient (Wildman–Crippen LogP) is 3.42. The molecule has 0 saturated carbocycles. The van der Waals surface area contributed by atoms with Crippen LogP contribution in [0.1, 0.15) is 31.1 Å². The average molecular weight is 238 g/mol. The lowest BCUT2D eigenvalue weighted by molar-refractivity contribution is 0.104. The SMILES string of the molecule is C/C(=C\C(=O)c1ccc(Cl)cc1)NC(C)C. The van der Waals surface area contributed by atoms with E-state index in [1.807, 2.05) is 20.8 Å². The maximum Gasteiger partial charge on any atom is 0.187 e. The Balaban J connectivity index is 2.75. The largest absolute Gasteiger partial charge is 0.386 e. The van der Waals surface area contributed by atoms with Gasteiger partial charge in [0, 0.05) is 28.4 Å². The summed E-state index contributed by atoms with van der Waals surface area (Å²) in [5.41, 5.74) is 1.52. The number of hydrogen-bond acceptors (Lipinski definition) is 2. The van der Waals surface area contributed by atoms with Crippen LogP contribution in [0.4, 0.5) is 0 Å². The minimum Gasteiger partial charge on any atom is -0.386 e. The van der Waals surface area contributed by atoms with Crippen molar-refractivity contribution < 1.29 is 4.79 Å². The minimum absolute atomic E-state index is 0.0117. The lowest BCUT2D eigenvalue weighted by Gasteiger charge is -2.09. The van der Waals surface area contributed by atoms with Crippen LogP contribution in [0.15, 0.2) is 36.0 Å². The third-order valence-corrected chi connectivity index (χ3v) is 2.24. The zero-order valence-corrected chi connectivity index (χ0v) is 10.5. The number of carbonyl (C=O) groups is 1. The zero-order valence-electron chi connectivity index (χ0n) is 9.75. The molecule has 1 aromatic rings. The monoisotopic (exact) mass is 237 g/mol. The van der Waals surface area contributed by atoms with Crippen molar-refractivity contribution in [1.82, 2.24) is 5.32 Å². The third-order valence-electron chi connectivity index (χ3n) is 1.99. The van der Waals surface area contributed by atoms with Gasteiger partial charge in [0.05, 0.1) is 0 Å². The van der Waals surface area contributed by atoms with Gasteiger partial charge in [-0.2, -0.15) is 0 Å². The number of ketones is 1. The summed E-state index contributed by atoms with van der Waals surface area (Å²) in [6, 6.07) is 7.21. The lowest BCUT2D eigenvalue weighted by atomic mass is 10.1. The zero-order chi connectivity index (χ0) is 12.1. The number of benzene rings is 1. The van der Waals surface area contributed by atoms with E-state index in [0.29, 0.717) is 16.6 Å². The Morgan fingerprint density at radius 1 is 1.31 bits per heavy atom. The fourth-order valence-electron chi connectivity index (χ4n) is 1.39. The van der Waals surface area contributed by atoms with Gasteiger partial charge >= 0.3 is 0 Å². The highest BCUT2D eigenvalue weighted by Crippen LogP contribution is 2.10. The Morgan fingerprint density at radius 3 is 2.38 bits per heavy atom. The average Bonchev–Trinajstić information content (AvgIpc) is 2.16. The van der Waals surface area contributed by atoms with Gasteiger partial charge in [0.25, 0.3) is 0 Å². The molecule has 0 atom stereocenters. The molecule has 1 aromatic carbocycles. The van der Waals surface area contributed by atoms with Crippen LogP contribution in [-0.4, -0.2) is 11.8 Å². The molecular formula is C13H16ClNO. The topological polar surface area (TPSA) is 29.1 Å². The van der Waals surface area contributed by atoms with E-state index in [4.69, 9.17) is 11.6 Å². The molecule has 0 fully saturated rings. The summed E-state index contributed by atoms with van der Waals surface area (Å²) >= 11 is 5.75. The predicted molar refractivity (Wildman–Crippen MR) is 67.8 cm³/mol. The van der Waals surface area contributed by atoms with Crippen LogP contribution >= 0.6 is 11.6 Å². The maximum absolute atomic E-state index is 11.8. The van der Waals surface area contributed by atoms with Gasteiger partial charge in [-0.25, -0.2) is 0 Å².